The van der Waals surface area contributed by atoms with Gasteiger partial charge < -0.3 is 5.32 Å². The fraction of sp³-hybridized carbons (Fsp3) is 0.800. The number of aromatic nitrogens is 2. The summed E-state index contributed by atoms with van der Waals surface area (Å²) < 4.78 is 29.2. The Kier molecular flexibility index (Phi) is 7.15. The number of hydrogen-bond donors (Lipinski definition) is 1. The summed E-state index contributed by atoms with van der Waals surface area (Å²) in [5.41, 5.74) is 1.02. The van der Waals surface area contributed by atoms with E-state index in [9.17, 15) is 13.2 Å². The van der Waals surface area contributed by atoms with Crippen molar-refractivity contribution in [3.63, 3.8) is 0 Å². The molecule has 0 aromatic carbocycles. The van der Waals surface area contributed by atoms with Gasteiger partial charge in [0.05, 0.1) is 11.4 Å². The molecule has 1 aliphatic heterocycles. The van der Waals surface area contributed by atoms with Crippen LogP contribution in [0.3, 0.4) is 0 Å². The van der Waals surface area contributed by atoms with Crippen molar-refractivity contribution < 1.29 is 13.2 Å². The van der Waals surface area contributed by atoms with E-state index >= 15 is 0 Å². The minimum atomic E-state index is -3.55. The first-order chi connectivity index (χ1) is 13.4. The van der Waals surface area contributed by atoms with Crippen molar-refractivity contribution in [3.05, 3.63) is 11.4 Å². The molecule has 2 aliphatic rings. The van der Waals surface area contributed by atoms with Gasteiger partial charge in [-0.2, -0.15) is 9.40 Å². The Morgan fingerprint density at radius 1 is 1.07 bits per heavy atom. The lowest BCUT2D eigenvalue weighted by Gasteiger charge is -2.26. The van der Waals surface area contributed by atoms with Crippen LogP contribution in [0.2, 0.25) is 0 Å². The molecule has 1 amide bonds. The summed E-state index contributed by atoms with van der Waals surface area (Å²) in [6, 6.07) is 0. The van der Waals surface area contributed by atoms with Crippen molar-refractivity contribution in [2.75, 3.05) is 19.6 Å². The summed E-state index contributed by atoms with van der Waals surface area (Å²) in [6.45, 7) is 5.32. The number of carbonyl (C=O) groups excluding carboxylic acids is 1. The highest BCUT2D eigenvalue weighted by Crippen LogP contribution is 2.27. The van der Waals surface area contributed by atoms with Crippen molar-refractivity contribution in [1.29, 1.82) is 0 Å². The van der Waals surface area contributed by atoms with Crippen LogP contribution in [0.5, 0.6) is 0 Å². The van der Waals surface area contributed by atoms with Gasteiger partial charge in [0.15, 0.2) is 0 Å². The first-order valence-electron chi connectivity index (χ1n) is 10.7. The molecule has 1 N–H and O–H groups in total. The minimum Gasteiger partial charge on any atom is -0.354 e. The van der Waals surface area contributed by atoms with Crippen LogP contribution in [0.1, 0.15) is 69.2 Å². The molecule has 1 saturated carbocycles. The van der Waals surface area contributed by atoms with Crippen molar-refractivity contribution in [2.45, 2.75) is 83.1 Å². The molecule has 0 bridgehead atoms. The number of nitrogens with one attached hydrogen (secondary N) is 1. The van der Waals surface area contributed by atoms with E-state index in [-0.39, 0.29) is 17.3 Å². The Bertz CT molecular complexity index is 776. The van der Waals surface area contributed by atoms with Crippen LogP contribution in [0.15, 0.2) is 4.90 Å². The molecule has 3 rings (SSSR count). The Balaban J connectivity index is 1.60. The van der Waals surface area contributed by atoms with E-state index in [1.54, 1.807) is 18.2 Å². The van der Waals surface area contributed by atoms with E-state index in [0.717, 1.165) is 31.6 Å². The van der Waals surface area contributed by atoms with Crippen molar-refractivity contribution in [2.24, 2.45) is 5.92 Å². The van der Waals surface area contributed by atoms with Crippen LogP contribution in [0.25, 0.3) is 0 Å². The second-order valence-corrected chi connectivity index (χ2v) is 10.1. The molecule has 0 radical (unpaired) electrons. The van der Waals surface area contributed by atoms with E-state index in [1.165, 1.54) is 36.8 Å². The minimum absolute atomic E-state index is 0.0624. The van der Waals surface area contributed by atoms with Crippen molar-refractivity contribution >= 4 is 15.9 Å². The number of aryl methyl sites for hydroxylation is 1. The SMILES string of the molecule is Cc1nn(CC(=O)NCCC2CCCCC2)c(C)c1S(=O)(=O)N1CCCCC1. The highest BCUT2D eigenvalue weighted by molar-refractivity contribution is 7.89. The van der Waals surface area contributed by atoms with Gasteiger partial charge in [0, 0.05) is 19.6 Å². The lowest BCUT2D eigenvalue weighted by Crippen LogP contribution is -2.36. The average molecular weight is 411 g/mol. The average Bonchev–Trinajstić information content (AvgIpc) is 2.97. The van der Waals surface area contributed by atoms with E-state index < -0.39 is 10.0 Å². The lowest BCUT2D eigenvalue weighted by molar-refractivity contribution is -0.121. The molecule has 8 heteroatoms. The van der Waals surface area contributed by atoms with E-state index in [4.69, 9.17) is 0 Å². The quantitative estimate of drug-likeness (QED) is 0.749. The molecule has 1 aliphatic carbocycles. The normalized spacial score (nSPS) is 19.6. The van der Waals surface area contributed by atoms with Crippen LogP contribution < -0.4 is 5.32 Å². The zero-order chi connectivity index (χ0) is 20.1. The Morgan fingerprint density at radius 3 is 2.39 bits per heavy atom. The third kappa shape index (κ3) is 4.95. The Hall–Kier alpha value is -1.41. The maximum absolute atomic E-state index is 13.0. The zero-order valence-corrected chi connectivity index (χ0v) is 18.1. The van der Waals surface area contributed by atoms with Crippen LogP contribution in [-0.4, -0.2) is 48.0 Å². The Morgan fingerprint density at radius 2 is 1.71 bits per heavy atom. The summed E-state index contributed by atoms with van der Waals surface area (Å²) in [5.74, 6) is 0.618. The van der Waals surface area contributed by atoms with Gasteiger partial charge in [-0.15, -0.1) is 0 Å². The van der Waals surface area contributed by atoms with Gasteiger partial charge in [0.2, 0.25) is 15.9 Å². The van der Waals surface area contributed by atoms with Crippen molar-refractivity contribution in [3.8, 4) is 0 Å². The zero-order valence-electron chi connectivity index (χ0n) is 17.2. The molecular formula is C20H34N4O3S. The van der Waals surface area contributed by atoms with Gasteiger partial charge in [0.25, 0.3) is 0 Å². The molecule has 2 heterocycles. The smallest absolute Gasteiger partial charge is 0.246 e. The molecular weight excluding hydrogens is 376 g/mol. The van der Waals surface area contributed by atoms with Crippen molar-refractivity contribution in [1.82, 2.24) is 19.4 Å². The molecule has 1 saturated heterocycles. The van der Waals surface area contributed by atoms with Gasteiger partial charge in [-0.3, -0.25) is 9.48 Å². The monoisotopic (exact) mass is 410 g/mol. The first-order valence-corrected chi connectivity index (χ1v) is 12.1. The predicted octanol–water partition coefficient (Wildman–Crippen LogP) is 2.76. The number of nitrogens with zero attached hydrogens (tertiary/aromatic N) is 3. The summed E-state index contributed by atoms with van der Waals surface area (Å²) in [7, 11) is -3.55. The highest BCUT2D eigenvalue weighted by Gasteiger charge is 2.32. The number of rotatable bonds is 7. The number of sulfonamides is 1. The second kappa shape index (κ2) is 9.39. The largest absolute Gasteiger partial charge is 0.354 e. The molecule has 1 aromatic rings. The Labute approximate surface area is 168 Å². The standard InChI is InChI=1S/C20H34N4O3S/c1-16-20(28(26,27)23-13-7-4-8-14-23)17(2)24(22-16)15-19(25)21-12-11-18-9-5-3-6-10-18/h18H,3-15H2,1-2H3,(H,21,25). The van der Waals surface area contributed by atoms with Crippen LogP contribution in [0.4, 0.5) is 0 Å². The summed E-state index contributed by atoms with van der Waals surface area (Å²) in [5, 5.41) is 7.34. The summed E-state index contributed by atoms with van der Waals surface area (Å²) in [6.07, 6.45) is 10.4. The molecule has 1 aromatic heterocycles. The third-order valence-corrected chi connectivity index (χ3v) is 8.27. The molecule has 0 unspecified atom stereocenters. The molecule has 0 atom stereocenters. The van der Waals surface area contributed by atoms with Crippen LogP contribution in [0, 0.1) is 19.8 Å². The topological polar surface area (TPSA) is 84.3 Å². The molecule has 7 nitrogen and oxygen atoms in total. The number of hydrogen-bond acceptors (Lipinski definition) is 4. The van der Waals surface area contributed by atoms with Gasteiger partial charge in [-0.05, 0) is 39.0 Å². The van der Waals surface area contributed by atoms with E-state index in [1.807, 2.05) is 0 Å². The maximum Gasteiger partial charge on any atom is 0.246 e. The lowest BCUT2D eigenvalue weighted by atomic mass is 9.87. The molecule has 28 heavy (non-hydrogen) atoms. The van der Waals surface area contributed by atoms with Gasteiger partial charge >= 0.3 is 0 Å². The van der Waals surface area contributed by atoms with E-state index in [2.05, 4.69) is 10.4 Å². The number of carbonyl (C=O) groups is 1. The predicted molar refractivity (Wildman–Crippen MR) is 109 cm³/mol. The maximum atomic E-state index is 13.0. The van der Waals surface area contributed by atoms with Gasteiger partial charge in [-0.1, -0.05) is 38.5 Å². The number of piperidine rings is 1. The van der Waals surface area contributed by atoms with E-state index in [0.29, 0.717) is 31.0 Å². The highest BCUT2D eigenvalue weighted by atomic mass is 32.2. The fourth-order valence-corrected chi connectivity index (χ4v) is 6.42. The summed E-state index contributed by atoms with van der Waals surface area (Å²) in [4.78, 5) is 12.6. The van der Waals surface area contributed by atoms with Crippen LogP contribution in [-0.2, 0) is 21.4 Å². The third-order valence-electron chi connectivity index (χ3n) is 6.12. The number of amides is 1. The molecule has 2 fully saturated rings. The molecule has 0 spiro atoms. The molecule has 158 valence electrons. The van der Waals surface area contributed by atoms with Gasteiger partial charge in [0.1, 0.15) is 11.4 Å². The van der Waals surface area contributed by atoms with Crippen LogP contribution >= 0.6 is 0 Å². The first kappa shape index (κ1) is 21.3. The summed E-state index contributed by atoms with van der Waals surface area (Å²) >= 11 is 0. The second-order valence-electron chi connectivity index (χ2n) is 8.27. The van der Waals surface area contributed by atoms with Gasteiger partial charge in [-0.25, -0.2) is 8.42 Å². The fourth-order valence-electron chi connectivity index (χ4n) is 4.53.